The van der Waals surface area contributed by atoms with Crippen LogP contribution in [0.3, 0.4) is 0 Å². The molecule has 4 N–H and O–H groups in total. The summed E-state index contributed by atoms with van der Waals surface area (Å²) in [6.45, 7) is 4.88. The van der Waals surface area contributed by atoms with Gasteiger partial charge in [0.05, 0.1) is 0 Å². The lowest BCUT2D eigenvalue weighted by molar-refractivity contribution is 0.133. The van der Waals surface area contributed by atoms with E-state index in [2.05, 4.69) is 11.8 Å². The number of likely N-dealkylation sites (tertiary alicyclic amines) is 1. The number of nitrogens with zero attached hydrogens (tertiary/aromatic N) is 1. The zero-order chi connectivity index (χ0) is 13.1. The molecular weight excluding hydrogens is 228 g/mol. The highest BCUT2D eigenvalue weighted by molar-refractivity contribution is 5.41. The van der Waals surface area contributed by atoms with Gasteiger partial charge in [0.25, 0.3) is 0 Å². The molecule has 18 heavy (non-hydrogen) atoms. The molecule has 1 fully saturated rings. The summed E-state index contributed by atoms with van der Waals surface area (Å²) in [6, 6.07) is 5.11. The third-order valence-corrected chi connectivity index (χ3v) is 3.74. The fourth-order valence-corrected chi connectivity index (χ4v) is 2.75. The molecule has 1 heterocycles. The number of rotatable bonds is 3. The summed E-state index contributed by atoms with van der Waals surface area (Å²) in [5, 5.41) is 18.9. The van der Waals surface area contributed by atoms with Gasteiger partial charge in [0.15, 0.2) is 11.5 Å². The van der Waals surface area contributed by atoms with Crippen molar-refractivity contribution in [2.75, 3.05) is 19.6 Å². The van der Waals surface area contributed by atoms with Gasteiger partial charge in [0.2, 0.25) is 0 Å². The van der Waals surface area contributed by atoms with Gasteiger partial charge >= 0.3 is 0 Å². The Bertz CT molecular complexity index is 409. The number of hydrogen-bond acceptors (Lipinski definition) is 4. The first-order valence-corrected chi connectivity index (χ1v) is 6.57. The minimum Gasteiger partial charge on any atom is -0.504 e. The van der Waals surface area contributed by atoms with Gasteiger partial charge in [0.1, 0.15) is 0 Å². The lowest BCUT2D eigenvalue weighted by Crippen LogP contribution is -2.40. The second kappa shape index (κ2) is 5.59. The number of phenolic OH excluding ortho intramolecular Hbond substituents is 2. The molecule has 1 aromatic carbocycles. The van der Waals surface area contributed by atoms with Crippen LogP contribution in [-0.2, 0) is 0 Å². The lowest BCUT2D eigenvalue weighted by Gasteiger charge is -2.37. The molecular formula is C14H22N2O2. The standard InChI is InChI=1S/C14H22N2O2/c1-10-3-2-6-16(9-10)12(8-15)11-4-5-13(17)14(18)7-11/h4-5,7,10,12,17-18H,2-3,6,8-9,15H2,1H3. The smallest absolute Gasteiger partial charge is 0.157 e. The number of phenols is 2. The van der Waals surface area contributed by atoms with Crippen LogP contribution in [0, 0.1) is 5.92 Å². The molecule has 1 saturated heterocycles. The van der Waals surface area contributed by atoms with Gasteiger partial charge in [-0.3, -0.25) is 4.90 Å². The molecule has 0 saturated carbocycles. The highest BCUT2D eigenvalue weighted by Gasteiger charge is 2.24. The summed E-state index contributed by atoms with van der Waals surface area (Å²) in [7, 11) is 0. The second-order valence-corrected chi connectivity index (χ2v) is 5.24. The quantitative estimate of drug-likeness (QED) is 0.716. The predicted octanol–water partition coefficient (Wildman–Crippen LogP) is 1.83. The van der Waals surface area contributed by atoms with Gasteiger partial charge in [-0.15, -0.1) is 0 Å². The first-order chi connectivity index (χ1) is 8.61. The van der Waals surface area contributed by atoms with Crippen molar-refractivity contribution in [1.82, 2.24) is 4.90 Å². The maximum Gasteiger partial charge on any atom is 0.157 e. The van der Waals surface area contributed by atoms with Crippen LogP contribution in [0.25, 0.3) is 0 Å². The molecule has 100 valence electrons. The molecule has 4 heteroatoms. The predicted molar refractivity (Wildman–Crippen MR) is 71.5 cm³/mol. The minimum absolute atomic E-state index is 0.0731. The number of piperidine rings is 1. The largest absolute Gasteiger partial charge is 0.504 e. The Morgan fingerprint density at radius 3 is 2.78 bits per heavy atom. The Kier molecular flexibility index (Phi) is 4.09. The zero-order valence-corrected chi connectivity index (χ0v) is 10.8. The van der Waals surface area contributed by atoms with Crippen molar-refractivity contribution < 1.29 is 10.2 Å². The van der Waals surface area contributed by atoms with Crippen molar-refractivity contribution in [3.05, 3.63) is 23.8 Å². The zero-order valence-electron chi connectivity index (χ0n) is 10.8. The number of benzene rings is 1. The van der Waals surface area contributed by atoms with E-state index in [9.17, 15) is 10.2 Å². The van der Waals surface area contributed by atoms with Crippen LogP contribution in [0.5, 0.6) is 11.5 Å². The normalized spacial score (nSPS) is 22.9. The van der Waals surface area contributed by atoms with Crippen LogP contribution >= 0.6 is 0 Å². The molecule has 2 rings (SSSR count). The van der Waals surface area contributed by atoms with Crippen molar-refractivity contribution in [2.45, 2.75) is 25.8 Å². The van der Waals surface area contributed by atoms with Crippen molar-refractivity contribution in [1.29, 1.82) is 0 Å². The summed E-state index contributed by atoms with van der Waals surface area (Å²) < 4.78 is 0. The molecule has 1 aromatic rings. The Hall–Kier alpha value is -1.26. The minimum atomic E-state index is -0.0819. The molecule has 4 nitrogen and oxygen atoms in total. The van der Waals surface area contributed by atoms with E-state index < -0.39 is 0 Å². The van der Waals surface area contributed by atoms with Crippen molar-refractivity contribution >= 4 is 0 Å². The van der Waals surface area contributed by atoms with E-state index in [4.69, 9.17) is 5.73 Å². The number of aromatic hydroxyl groups is 2. The van der Waals surface area contributed by atoms with Crippen molar-refractivity contribution in [3.63, 3.8) is 0 Å². The van der Waals surface area contributed by atoms with E-state index in [-0.39, 0.29) is 17.5 Å². The van der Waals surface area contributed by atoms with Crippen LogP contribution in [-0.4, -0.2) is 34.7 Å². The molecule has 0 bridgehead atoms. The average molecular weight is 250 g/mol. The number of nitrogens with two attached hydrogens (primary N) is 1. The Labute approximate surface area is 108 Å². The van der Waals surface area contributed by atoms with Crippen molar-refractivity contribution in [2.24, 2.45) is 11.7 Å². The topological polar surface area (TPSA) is 69.7 Å². The molecule has 0 aromatic heterocycles. The van der Waals surface area contributed by atoms with E-state index in [0.717, 1.165) is 18.7 Å². The van der Waals surface area contributed by atoms with Crippen LogP contribution in [0.1, 0.15) is 31.4 Å². The summed E-state index contributed by atoms with van der Waals surface area (Å²) in [4.78, 5) is 2.37. The van der Waals surface area contributed by atoms with Gasteiger partial charge in [-0.05, 0) is 43.0 Å². The maximum atomic E-state index is 9.59. The highest BCUT2D eigenvalue weighted by atomic mass is 16.3. The summed E-state index contributed by atoms with van der Waals surface area (Å²) in [5.74, 6) is 0.538. The first-order valence-electron chi connectivity index (χ1n) is 6.57. The molecule has 0 spiro atoms. The van der Waals surface area contributed by atoms with Crippen LogP contribution < -0.4 is 5.73 Å². The van der Waals surface area contributed by atoms with Gasteiger partial charge in [-0.2, -0.15) is 0 Å². The van der Waals surface area contributed by atoms with Crippen LogP contribution in [0.15, 0.2) is 18.2 Å². The maximum absolute atomic E-state index is 9.59. The summed E-state index contributed by atoms with van der Waals surface area (Å²) in [5.41, 5.74) is 6.86. The molecule has 0 aliphatic carbocycles. The molecule has 0 radical (unpaired) electrons. The van der Waals surface area contributed by atoms with E-state index in [1.165, 1.54) is 18.9 Å². The van der Waals surface area contributed by atoms with Gasteiger partial charge < -0.3 is 15.9 Å². The molecule has 1 aliphatic heterocycles. The summed E-state index contributed by atoms with van der Waals surface area (Å²) in [6.07, 6.45) is 2.47. The van der Waals surface area contributed by atoms with Gasteiger partial charge in [0, 0.05) is 19.1 Å². The molecule has 2 unspecified atom stereocenters. The lowest BCUT2D eigenvalue weighted by atomic mass is 9.96. The fraction of sp³-hybridized carbons (Fsp3) is 0.571. The number of hydrogen-bond donors (Lipinski definition) is 3. The van der Waals surface area contributed by atoms with Gasteiger partial charge in [-0.1, -0.05) is 13.0 Å². The monoisotopic (exact) mass is 250 g/mol. The third kappa shape index (κ3) is 2.76. The molecule has 0 amide bonds. The van der Waals surface area contributed by atoms with E-state index >= 15 is 0 Å². The highest BCUT2D eigenvalue weighted by Crippen LogP contribution is 2.31. The van der Waals surface area contributed by atoms with E-state index in [0.29, 0.717) is 12.5 Å². The van der Waals surface area contributed by atoms with Crippen molar-refractivity contribution in [3.8, 4) is 11.5 Å². The van der Waals surface area contributed by atoms with Crippen LogP contribution in [0.4, 0.5) is 0 Å². The molecule has 1 aliphatic rings. The summed E-state index contributed by atoms with van der Waals surface area (Å²) >= 11 is 0. The third-order valence-electron chi connectivity index (χ3n) is 3.74. The Balaban J connectivity index is 2.18. The second-order valence-electron chi connectivity index (χ2n) is 5.24. The SMILES string of the molecule is CC1CCCN(C(CN)c2ccc(O)c(O)c2)C1. The first kappa shape index (κ1) is 13.2. The fourth-order valence-electron chi connectivity index (χ4n) is 2.75. The Morgan fingerprint density at radius 2 is 2.17 bits per heavy atom. The molecule has 2 atom stereocenters. The van der Waals surface area contributed by atoms with E-state index in [1.54, 1.807) is 6.07 Å². The van der Waals surface area contributed by atoms with Crippen LogP contribution in [0.2, 0.25) is 0 Å². The average Bonchev–Trinajstić information content (AvgIpc) is 2.35. The Morgan fingerprint density at radius 1 is 1.39 bits per heavy atom. The van der Waals surface area contributed by atoms with Gasteiger partial charge in [-0.25, -0.2) is 0 Å². The van der Waals surface area contributed by atoms with E-state index in [1.807, 2.05) is 6.07 Å².